The second kappa shape index (κ2) is 6.34. The van der Waals surface area contributed by atoms with Crippen molar-refractivity contribution in [3.05, 3.63) is 5.28 Å². The minimum atomic E-state index is -0.567. The van der Waals surface area contributed by atoms with Crippen LogP contribution >= 0.6 is 11.6 Å². The van der Waals surface area contributed by atoms with Crippen molar-refractivity contribution in [2.24, 2.45) is 5.92 Å². The second-order valence-electron chi connectivity index (χ2n) is 3.90. The van der Waals surface area contributed by atoms with Crippen molar-refractivity contribution < 1.29 is 9.53 Å². The lowest BCUT2D eigenvalue weighted by molar-refractivity contribution is -0.145. The van der Waals surface area contributed by atoms with E-state index in [1.54, 1.807) is 6.92 Å². The molecule has 0 amide bonds. The summed E-state index contributed by atoms with van der Waals surface area (Å²) < 4.78 is 4.96. The Labute approximate surface area is 110 Å². The quantitative estimate of drug-likeness (QED) is 0.775. The zero-order chi connectivity index (χ0) is 13.7. The van der Waals surface area contributed by atoms with Gasteiger partial charge in [0.1, 0.15) is 6.04 Å². The minimum Gasteiger partial charge on any atom is -0.464 e. The summed E-state index contributed by atoms with van der Waals surface area (Å²) in [5, 5.41) is 2.81. The molecule has 7 nitrogen and oxygen atoms in total. The van der Waals surface area contributed by atoms with Gasteiger partial charge in [-0.15, -0.1) is 0 Å². The maximum Gasteiger partial charge on any atom is 0.328 e. The van der Waals surface area contributed by atoms with Gasteiger partial charge < -0.3 is 15.8 Å². The Hall–Kier alpha value is -1.63. The molecule has 0 fully saturated rings. The van der Waals surface area contributed by atoms with Crippen LogP contribution in [0.4, 0.5) is 11.9 Å². The number of rotatable bonds is 5. The van der Waals surface area contributed by atoms with E-state index in [2.05, 4.69) is 20.3 Å². The fraction of sp³-hybridized carbons (Fsp3) is 0.600. The van der Waals surface area contributed by atoms with E-state index in [-0.39, 0.29) is 29.1 Å². The van der Waals surface area contributed by atoms with Gasteiger partial charge >= 0.3 is 5.97 Å². The van der Waals surface area contributed by atoms with Crippen LogP contribution in [0.3, 0.4) is 0 Å². The number of aromatic nitrogens is 3. The van der Waals surface area contributed by atoms with E-state index in [0.717, 1.165) is 0 Å². The SMILES string of the molecule is CCOC(=O)C(Nc1nc(N)nc(Cl)n1)C(C)C. The summed E-state index contributed by atoms with van der Waals surface area (Å²) in [6.07, 6.45) is 0. The van der Waals surface area contributed by atoms with E-state index < -0.39 is 6.04 Å². The van der Waals surface area contributed by atoms with Crippen molar-refractivity contribution in [3.63, 3.8) is 0 Å². The van der Waals surface area contributed by atoms with Crippen LogP contribution in [0.5, 0.6) is 0 Å². The molecule has 0 aliphatic heterocycles. The van der Waals surface area contributed by atoms with E-state index in [1.807, 2.05) is 13.8 Å². The fourth-order valence-corrected chi connectivity index (χ4v) is 1.47. The molecule has 1 atom stereocenters. The highest BCUT2D eigenvalue weighted by atomic mass is 35.5. The lowest BCUT2D eigenvalue weighted by Gasteiger charge is -2.20. The summed E-state index contributed by atoms with van der Waals surface area (Å²) in [7, 11) is 0. The van der Waals surface area contributed by atoms with Crippen LogP contribution in [0.1, 0.15) is 20.8 Å². The third kappa shape index (κ3) is 3.99. The van der Waals surface area contributed by atoms with Crippen LogP contribution in [0.15, 0.2) is 0 Å². The Bertz CT molecular complexity index is 406. The largest absolute Gasteiger partial charge is 0.464 e. The van der Waals surface area contributed by atoms with Crippen molar-refractivity contribution >= 4 is 29.5 Å². The summed E-state index contributed by atoms with van der Waals surface area (Å²) in [5.41, 5.74) is 5.44. The average molecular weight is 274 g/mol. The molecule has 0 aliphatic rings. The van der Waals surface area contributed by atoms with Crippen LogP contribution in [0.25, 0.3) is 0 Å². The molecule has 0 aromatic carbocycles. The molecule has 100 valence electrons. The van der Waals surface area contributed by atoms with E-state index in [0.29, 0.717) is 6.61 Å². The zero-order valence-electron chi connectivity index (χ0n) is 10.5. The summed E-state index contributed by atoms with van der Waals surface area (Å²) in [4.78, 5) is 23.1. The molecular weight excluding hydrogens is 258 g/mol. The van der Waals surface area contributed by atoms with Crippen LogP contribution in [-0.4, -0.2) is 33.6 Å². The molecule has 8 heteroatoms. The van der Waals surface area contributed by atoms with Gasteiger partial charge in [0.05, 0.1) is 6.61 Å². The number of hydrogen-bond acceptors (Lipinski definition) is 7. The number of ether oxygens (including phenoxy) is 1. The number of anilines is 2. The number of nitrogens with two attached hydrogens (primary N) is 1. The van der Waals surface area contributed by atoms with Crippen LogP contribution < -0.4 is 11.1 Å². The molecule has 1 aromatic rings. The van der Waals surface area contributed by atoms with Crippen molar-refractivity contribution in [1.82, 2.24) is 15.0 Å². The molecule has 3 N–H and O–H groups in total. The molecule has 1 aromatic heterocycles. The molecule has 0 radical (unpaired) electrons. The third-order valence-corrected chi connectivity index (χ3v) is 2.29. The number of carbonyl (C=O) groups excluding carboxylic acids is 1. The van der Waals surface area contributed by atoms with Gasteiger partial charge in [-0.2, -0.15) is 15.0 Å². The molecule has 0 saturated heterocycles. The monoisotopic (exact) mass is 273 g/mol. The highest BCUT2D eigenvalue weighted by Gasteiger charge is 2.24. The smallest absolute Gasteiger partial charge is 0.328 e. The van der Waals surface area contributed by atoms with Crippen LogP contribution in [0, 0.1) is 5.92 Å². The fourth-order valence-electron chi connectivity index (χ4n) is 1.30. The van der Waals surface area contributed by atoms with Crippen LogP contribution in [0.2, 0.25) is 5.28 Å². The predicted octanol–water partition coefficient (Wildman–Crippen LogP) is 1.11. The summed E-state index contributed by atoms with van der Waals surface area (Å²) >= 11 is 5.66. The summed E-state index contributed by atoms with van der Waals surface area (Å²) in [5.74, 6) is -0.230. The maximum atomic E-state index is 11.7. The van der Waals surface area contributed by atoms with E-state index >= 15 is 0 Å². The first-order valence-corrected chi connectivity index (χ1v) is 5.92. The number of halogens is 1. The molecule has 1 rings (SSSR count). The molecular formula is C10H16ClN5O2. The first-order valence-electron chi connectivity index (χ1n) is 5.54. The van der Waals surface area contributed by atoms with Gasteiger partial charge in [-0.3, -0.25) is 0 Å². The van der Waals surface area contributed by atoms with Crippen molar-refractivity contribution in [1.29, 1.82) is 0 Å². The van der Waals surface area contributed by atoms with Gasteiger partial charge in [0.25, 0.3) is 0 Å². The number of esters is 1. The molecule has 18 heavy (non-hydrogen) atoms. The minimum absolute atomic E-state index is 0.000755. The molecule has 1 heterocycles. The van der Waals surface area contributed by atoms with Crippen LogP contribution in [-0.2, 0) is 9.53 Å². The van der Waals surface area contributed by atoms with Gasteiger partial charge in [-0.1, -0.05) is 13.8 Å². The number of carbonyl (C=O) groups is 1. The lowest BCUT2D eigenvalue weighted by atomic mass is 10.1. The first-order chi connectivity index (χ1) is 8.43. The third-order valence-electron chi connectivity index (χ3n) is 2.12. The maximum absolute atomic E-state index is 11.7. The summed E-state index contributed by atoms with van der Waals surface area (Å²) in [6.45, 7) is 5.80. The molecule has 0 bridgehead atoms. The number of hydrogen-bond donors (Lipinski definition) is 2. The Kier molecular flexibility index (Phi) is 5.08. The highest BCUT2D eigenvalue weighted by Crippen LogP contribution is 2.13. The summed E-state index contributed by atoms with van der Waals surface area (Å²) in [6, 6.07) is -0.567. The Morgan fingerprint density at radius 2 is 2.11 bits per heavy atom. The standard InChI is InChI=1S/C10H16ClN5O2/c1-4-18-7(17)6(5(2)3)13-10-15-8(11)14-9(12)16-10/h5-6H,4H2,1-3H3,(H3,12,13,14,15,16). The van der Waals surface area contributed by atoms with Gasteiger partial charge in [0, 0.05) is 0 Å². The van der Waals surface area contributed by atoms with E-state index in [4.69, 9.17) is 22.1 Å². The molecule has 0 aliphatic carbocycles. The van der Waals surface area contributed by atoms with Crippen molar-refractivity contribution in [2.45, 2.75) is 26.8 Å². The topological polar surface area (TPSA) is 103 Å². The van der Waals surface area contributed by atoms with E-state index in [1.165, 1.54) is 0 Å². The van der Waals surface area contributed by atoms with Gasteiger partial charge in [-0.25, -0.2) is 4.79 Å². The van der Waals surface area contributed by atoms with E-state index in [9.17, 15) is 4.79 Å². The predicted molar refractivity (Wildman–Crippen MR) is 68.1 cm³/mol. The van der Waals surface area contributed by atoms with Crippen molar-refractivity contribution in [2.75, 3.05) is 17.7 Å². The Balaban J connectivity index is 2.86. The van der Waals surface area contributed by atoms with Gasteiger partial charge in [0.15, 0.2) is 0 Å². The second-order valence-corrected chi connectivity index (χ2v) is 4.24. The number of nitrogen functional groups attached to an aromatic ring is 1. The highest BCUT2D eigenvalue weighted by molar-refractivity contribution is 6.28. The normalized spacial score (nSPS) is 12.3. The van der Waals surface area contributed by atoms with Gasteiger partial charge in [0.2, 0.25) is 17.2 Å². The lowest BCUT2D eigenvalue weighted by Crippen LogP contribution is -2.36. The van der Waals surface area contributed by atoms with Crippen molar-refractivity contribution in [3.8, 4) is 0 Å². The number of nitrogens with zero attached hydrogens (tertiary/aromatic N) is 3. The molecule has 0 spiro atoms. The number of nitrogens with one attached hydrogen (secondary N) is 1. The molecule has 0 saturated carbocycles. The van der Waals surface area contributed by atoms with Gasteiger partial charge in [-0.05, 0) is 24.4 Å². The first kappa shape index (κ1) is 14.4. The Morgan fingerprint density at radius 3 is 2.61 bits per heavy atom. The zero-order valence-corrected chi connectivity index (χ0v) is 11.2. The molecule has 1 unspecified atom stereocenters. The Morgan fingerprint density at radius 1 is 1.44 bits per heavy atom. The average Bonchev–Trinajstić information content (AvgIpc) is 2.24.